The second-order valence-electron chi connectivity index (χ2n) is 4.89. The van der Waals surface area contributed by atoms with Gasteiger partial charge in [0.15, 0.2) is 0 Å². The van der Waals surface area contributed by atoms with E-state index in [4.69, 9.17) is 4.74 Å². The van der Waals surface area contributed by atoms with Crippen LogP contribution in [-0.2, 0) is 14.8 Å². The van der Waals surface area contributed by atoms with Crippen molar-refractivity contribution in [2.75, 3.05) is 32.0 Å². The largest absolute Gasteiger partial charge is 0.389 e. The lowest BCUT2D eigenvalue weighted by molar-refractivity contribution is 0.0175. The third-order valence-electron chi connectivity index (χ3n) is 3.42. The zero-order valence-electron chi connectivity index (χ0n) is 12.0. The normalized spacial score (nSPS) is 28.2. The monoisotopic (exact) mass is 294 g/mol. The predicted molar refractivity (Wildman–Crippen MR) is 74.5 cm³/mol. The maximum atomic E-state index is 11.7. The number of sulfonamides is 1. The van der Waals surface area contributed by atoms with Crippen molar-refractivity contribution < 1.29 is 18.3 Å². The van der Waals surface area contributed by atoms with Crippen molar-refractivity contribution in [3.8, 4) is 0 Å². The summed E-state index contributed by atoms with van der Waals surface area (Å²) in [7, 11) is -3.31. The number of hydrogen-bond acceptors (Lipinski definition) is 5. The number of nitrogens with one attached hydrogen (secondary N) is 1. The Kier molecular flexibility index (Phi) is 6.68. The molecular formula is C12H26N2O4S. The Bertz CT molecular complexity index is 357. The lowest BCUT2D eigenvalue weighted by atomic mass is 10.1. The fraction of sp³-hybridized carbons (Fsp3) is 1.00. The van der Waals surface area contributed by atoms with Crippen LogP contribution in [-0.4, -0.2) is 68.7 Å². The molecule has 0 radical (unpaired) electrons. The quantitative estimate of drug-likeness (QED) is 0.647. The third kappa shape index (κ3) is 5.00. The summed E-state index contributed by atoms with van der Waals surface area (Å²) in [5, 5.41) is 10.1. The van der Waals surface area contributed by atoms with Gasteiger partial charge in [0, 0.05) is 6.54 Å². The molecule has 0 aromatic rings. The maximum absolute atomic E-state index is 11.7. The SMILES string of the molecule is CCCS(=O)(=O)NC1CO[C@@H](CN(CC)CC)[C@@H]1O. The highest BCUT2D eigenvalue weighted by Crippen LogP contribution is 2.16. The summed E-state index contributed by atoms with van der Waals surface area (Å²) >= 11 is 0. The van der Waals surface area contributed by atoms with Gasteiger partial charge in [-0.05, 0) is 19.5 Å². The van der Waals surface area contributed by atoms with Gasteiger partial charge >= 0.3 is 0 Å². The summed E-state index contributed by atoms with van der Waals surface area (Å²) < 4.78 is 31.4. The van der Waals surface area contributed by atoms with Gasteiger partial charge in [-0.2, -0.15) is 0 Å². The molecule has 3 atom stereocenters. The molecule has 0 aliphatic carbocycles. The van der Waals surface area contributed by atoms with E-state index in [-0.39, 0.29) is 18.5 Å². The molecule has 7 heteroatoms. The van der Waals surface area contributed by atoms with Crippen molar-refractivity contribution in [2.45, 2.75) is 45.4 Å². The van der Waals surface area contributed by atoms with Crippen LogP contribution in [0.1, 0.15) is 27.2 Å². The van der Waals surface area contributed by atoms with Gasteiger partial charge in [0.05, 0.1) is 30.6 Å². The number of aliphatic hydroxyl groups excluding tert-OH is 1. The van der Waals surface area contributed by atoms with Gasteiger partial charge in [0.25, 0.3) is 0 Å². The third-order valence-corrected chi connectivity index (χ3v) is 5.03. The van der Waals surface area contributed by atoms with Crippen molar-refractivity contribution >= 4 is 10.0 Å². The van der Waals surface area contributed by atoms with Crippen molar-refractivity contribution in [2.24, 2.45) is 0 Å². The van der Waals surface area contributed by atoms with Crippen LogP contribution in [0, 0.1) is 0 Å². The number of nitrogens with zero attached hydrogens (tertiary/aromatic N) is 1. The first-order chi connectivity index (χ1) is 8.93. The van der Waals surface area contributed by atoms with E-state index in [1.54, 1.807) is 0 Å². The Morgan fingerprint density at radius 2 is 1.95 bits per heavy atom. The number of hydrogen-bond donors (Lipinski definition) is 2. The summed E-state index contributed by atoms with van der Waals surface area (Å²) in [5.74, 6) is 0.0803. The number of ether oxygens (including phenoxy) is 1. The molecule has 0 bridgehead atoms. The van der Waals surface area contributed by atoms with E-state index in [9.17, 15) is 13.5 Å². The van der Waals surface area contributed by atoms with Gasteiger partial charge in [0.2, 0.25) is 10.0 Å². The van der Waals surface area contributed by atoms with Crippen molar-refractivity contribution in [1.29, 1.82) is 0 Å². The molecule has 0 saturated carbocycles. The van der Waals surface area contributed by atoms with Gasteiger partial charge in [-0.25, -0.2) is 13.1 Å². The molecule has 2 N–H and O–H groups in total. The second-order valence-corrected chi connectivity index (χ2v) is 6.76. The lowest BCUT2D eigenvalue weighted by Gasteiger charge is -2.24. The van der Waals surface area contributed by atoms with Crippen LogP contribution >= 0.6 is 0 Å². The van der Waals surface area contributed by atoms with Crippen LogP contribution in [0.2, 0.25) is 0 Å². The fourth-order valence-corrected chi connectivity index (χ4v) is 3.57. The molecule has 1 rings (SSSR count). The molecule has 1 saturated heterocycles. The molecule has 0 spiro atoms. The topological polar surface area (TPSA) is 78.9 Å². The minimum atomic E-state index is -3.31. The van der Waals surface area contributed by atoms with Crippen LogP contribution in [0.3, 0.4) is 0 Å². The Balaban J connectivity index is 2.53. The van der Waals surface area contributed by atoms with Gasteiger partial charge in [-0.15, -0.1) is 0 Å². The zero-order chi connectivity index (χ0) is 14.5. The average Bonchev–Trinajstić information content (AvgIpc) is 2.67. The van der Waals surface area contributed by atoms with Gasteiger partial charge < -0.3 is 14.7 Å². The van der Waals surface area contributed by atoms with Crippen molar-refractivity contribution in [3.05, 3.63) is 0 Å². The maximum Gasteiger partial charge on any atom is 0.212 e. The molecule has 1 unspecified atom stereocenters. The summed E-state index contributed by atoms with van der Waals surface area (Å²) in [5.41, 5.74) is 0. The van der Waals surface area contributed by atoms with Gasteiger partial charge in [0.1, 0.15) is 0 Å². The summed E-state index contributed by atoms with van der Waals surface area (Å²) in [4.78, 5) is 2.15. The van der Waals surface area contributed by atoms with E-state index in [2.05, 4.69) is 9.62 Å². The van der Waals surface area contributed by atoms with E-state index in [1.165, 1.54) is 0 Å². The molecule has 6 nitrogen and oxygen atoms in total. The highest BCUT2D eigenvalue weighted by molar-refractivity contribution is 7.89. The molecule has 0 amide bonds. The minimum absolute atomic E-state index is 0.0803. The Hall–Kier alpha value is -0.210. The number of aliphatic hydroxyl groups is 1. The van der Waals surface area contributed by atoms with Gasteiger partial charge in [-0.3, -0.25) is 0 Å². The van der Waals surface area contributed by atoms with E-state index in [0.29, 0.717) is 13.0 Å². The van der Waals surface area contributed by atoms with E-state index < -0.39 is 22.2 Å². The van der Waals surface area contributed by atoms with Crippen LogP contribution < -0.4 is 4.72 Å². The summed E-state index contributed by atoms with van der Waals surface area (Å²) in [6, 6.07) is -0.530. The first-order valence-electron chi connectivity index (χ1n) is 6.95. The summed E-state index contributed by atoms with van der Waals surface area (Å²) in [6.45, 7) is 8.53. The van der Waals surface area contributed by atoms with E-state index in [0.717, 1.165) is 13.1 Å². The first kappa shape index (κ1) is 16.8. The van der Waals surface area contributed by atoms with Gasteiger partial charge in [-0.1, -0.05) is 20.8 Å². The first-order valence-corrected chi connectivity index (χ1v) is 8.60. The van der Waals surface area contributed by atoms with Crippen LogP contribution in [0.5, 0.6) is 0 Å². The zero-order valence-corrected chi connectivity index (χ0v) is 12.8. The molecule has 1 fully saturated rings. The summed E-state index contributed by atoms with van der Waals surface area (Å²) in [6.07, 6.45) is -0.552. The van der Waals surface area contributed by atoms with Crippen LogP contribution in [0.15, 0.2) is 0 Å². The molecule has 0 aromatic heterocycles. The van der Waals surface area contributed by atoms with Crippen LogP contribution in [0.25, 0.3) is 0 Å². The highest BCUT2D eigenvalue weighted by atomic mass is 32.2. The highest BCUT2D eigenvalue weighted by Gasteiger charge is 2.38. The minimum Gasteiger partial charge on any atom is -0.389 e. The molecule has 1 heterocycles. The van der Waals surface area contributed by atoms with Crippen LogP contribution in [0.4, 0.5) is 0 Å². The predicted octanol–water partition coefficient (Wildman–Crippen LogP) is -0.214. The Labute approximate surface area is 116 Å². The fourth-order valence-electron chi connectivity index (χ4n) is 2.24. The smallest absolute Gasteiger partial charge is 0.212 e. The van der Waals surface area contributed by atoms with E-state index >= 15 is 0 Å². The Morgan fingerprint density at radius 3 is 2.47 bits per heavy atom. The average molecular weight is 294 g/mol. The molecule has 114 valence electrons. The lowest BCUT2D eigenvalue weighted by Crippen LogP contribution is -2.47. The standard InChI is InChI=1S/C12H26N2O4S/c1-4-7-19(16,17)13-10-9-18-11(12(10)15)8-14(5-2)6-3/h10-13,15H,4-9H2,1-3H3/t10?,11-,12+/m0/s1. The number of likely N-dealkylation sites (N-methyl/N-ethyl adjacent to an activating group) is 1. The second kappa shape index (κ2) is 7.54. The number of rotatable bonds is 8. The molecule has 1 aliphatic heterocycles. The molecule has 19 heavy (non-hydrogen) atoms. The van der Waals surface area contributed by atoms with E-state index in [1.807, 2.05) is 20.8 Å². The molecule has 0 aromatic carbocycles. The Morgan fingerprint density at radius 1 is 1.32 bits per heavy atom. The van der Waals surface area contributed by atoms with Crippen molar-refractivity contribution in [3.63, 3.8) is 0 Å². The van der Waals surface area contributed by atoms with Crippen molar-refractivity contribution in [1.82, 2.24) is 9.62 Å². The molecular weight excluding hydrogens is 268 g/mol. The molecule has 1 aliphatic rings.